The second-order valence-corrected chi connectivity index (χ2v) is 4.51. The first kappa shape index (κ1) is 21.0. The van der Waals surface area contributed by atoms with Crippen molar-refractivity contribution in [2.75, 3.05) is 13.2 Å². The third kappa shape index (κ3) is 8.77. The van der Waals surface area contributed by atoms with Crippen molar-refractivity contribution in [3.8, 4) is 5.75 Å². The number of nitrogens with two attached hydrogens (primary N) is 1. The zero-order valence-electron chi connectivity index (χ0n) is 12.7. The summed E-state index contributed by atoms with van der Waals surface area (Å²) >= 11 is 0. The predicted octanol–water partition coefficient (Wildman–Crippen LogP) is 3.01. The molecule has 4 nitrogen and oxygen atoms in total. The molecule has 20 heavy (non-hydrogen) atoms. The fourth-order valence-electron chi connectivity index (χ4n) is 1.51. The number of phenols is 1. The zero-order chi connectivity index (χ0) is 14.8. The highest BCUT2D eigenvalue weighted by Gasteiger charge is 2.04. The van der Waals surface area contributed by atoms with Crippen molar-refractivity contribution >= 4 is 18.4 Å². The molecule has 0 bridgehead atoms. The Morgan fingerprint density at radius 1 is 1.40 bits per heavy atom. The molecule has 0 aliphatic rings. The van der Waals surface area contributed by atoms with E-state index >= 15 is 0 Å². The van der Waals surface area contributed by atoms with Gasteiger partial charge in [-0.05, 0) is 43.0 Å². The summed E-state index contributed by atoms with van der Waals surface area (Å²) in [5, 5.41) is 9.62. The first-order chi connectivity index (χ1) is 8.92. The number of hydrogen-bond donors (Lipinski definition) is 2. The third-order valence-electron chi connectivity index (χ3n) is 2.54. The van der Waals surface area contributed by atoms with Gasteiger partial charge in [-0.2, -0.15) is 0 Å². The van der Waals surface area contributed by atoms with Gasteiger partial charge in [-0.3, -0.25) is 4.79 Å². The molecule has 0 saturated heterocycles. The minimum absolute atomic E-state index is 0. The van der Waals surface area contributed by atoms with Crippen molar-refractivity contribution in [3.63, 3.8) is 0 Å². The highest BCUT2D eigenvalue weighted by atomic mass is 35.5. The molecule has 0 radical (unpaired) electrons. The van der Waals surface area contributed by atoms with E-state index in [2.05, 4.69) is 24.7 Å². The fourth-order valence-corrected chi connectivity index (χ4v) is 1.51. The van der Waals surface area contributed by atoms with Crippen LogP contribution in [0.4, 0.5) is 0 Å². The number of halogens is 1. The minimum atomic E-state index is -0.211. The summed E-state index contributed by atoms with van der Waals surface area (Å²) < 4.78 is 4.40. The van der Waals surface area contributed by atoms with Crippen molar-refractivity contribution in [1.82, 2.24) is 0 Å². The average Bonchev–Trinajstić information content (AvgIpc) is 2.32. The molecule has 0 heterocycles. The topological polar surface area (TPSA) is 72.6 Å². The van der Waals surface area contributed by atoms with Gasteiger partial charge in [0.2, 0.25) is 0 Å². The minimum Gasteiger partial charge on any atom is -0.508 e. The van der Waals surface area contributed by atoms with Gasteiger partial charge in [-0.1, -0.05) is 26.0 Å². The number of rotatable bonds is 4. The third-order valence-corrected chi connectivity index (χ3v) is 2.54. The van der Waals surface area contributed by atoms with Gasteiger partial charge in [0, 0.05) is 6.92 Å². The fraction of sp³-hybridized carbons (Fsp3) is 0.533. The largest absolute Gasteiger partial charge is 0.508 e. The van der Waals surface area contributed by atoms with Crippen LogP contribution in [0.1, 0.15) is 44.7 Å². The van der Waals surface area contributed by atoms with Gasteiger partial charge >= 0.3 is 5.97 Å². The van der Waals surface area contributed by atoms with Gasteiger partial charge in [0.05, 0.1) is 6.61 Å². The molecule has 0 amide bonds. The molecule has 0 atom stereocenters. The number of ether oxygens (including phenoxy) is 1. The molecule has 0 fully saturated rings. The number of carbonyl (C=O) groups excluding carboxylic acids is 1. The van der Waals surface area contributed by atoms with Crippen molar-refractivity contribution in [2.45, 2.75) is 40.0 Å². The van der Waals surface area contributed by atoms with Crippen molar-refractivity contribution in [2.24, 2.45) is 5.73 Å². The first-order valence-corrected chi connectivity index (χ1v) is 6.57. The summed E-state index contributed by atoms with van der Waals surface area (Å²) in [5.74, 6) is 0.618. The summed E-state index contributed by atoms with van der Waals surface area (Å²) in [6.07, 6.45) is 0.740. The van der Waals surface area contributed by atoms with Crippen molar-refractivity contribution in [1.29, 1.82) is 0 Å². The molecule has 1 aromatic carbocycles. The molecule has 0 unspecified atom stereocenters. The Hall–Kier alpha value is -1.26. The van der Waals surface area contributed by atoms with Crippen molar-refractivity contribution in [3.05, 3.63) is 29.3 Å². The van der Waals surface area contributed by atoms with Crippen LogP contribution in [0, 0.1) is 0 Å². The standard InChI is InChI=1S/C11H17NO.C4H8O2.ClH/c1-8(2)10-4-3-9(5-6-12)11(13)7-10;1-3-6-4(2)5;/h3-4,7-8,13H,5-6,12H2,1-2H3;3H2,1-2H3;1H. The molecule has 1 aromatic rings. The Morgan fingerprint density at radius 3 is 2.30 bits per heavy atom. The van der Waals surface area contributed by atoms with Gasteiger partial charge < -0.3 is 15.6 Å². The van der Waals surface area contributed by atoms with Crippen LogP contribution in [0.5, 0.6) is 5.75 Å². The van der Waals surface area contributed by atoms with E-state index < -0.39 is 0 Å². The molecule has 0 spiro atoms. The predicted molar refractivity (Wildman–Crippen MR) is 84.5 cm³/mol. The second-order valence-electron chi connectivity index (χ2n) is 4.51. The second kappa shape index (κ2) is 11.6. The Morgan fingerprint density at radius 2 is 2.00 bits per heavy atom. The average molecular weight is 304 g/mol. The Bertz CT molecular complexity index is 395. The molecule has 0 aromatic heterocycles. The van der Waals surface area contributed by atoms with E-state index in [4.69, 9.17) is 5.73 Å². The van der Waals surface area contributed by atoms with E-state index in [9.17, 15) is 9.90 Å². The first-order valence-electron chi connectivity index (χ1n) is 6.57. The van der Waals surface area contributed by atoms with Crippen LogP contribution < -0.4 is 5.73 Å². The molecular formula is C15H26ClNO3. The van der Waals surface area contributed by atoms with Crippen LogP contribution in [0.15, 0.2) is 18.2 Å². The monoisotopic (exact) mass is 303 g/mol. The van der Waals surface area contributed by atoms with E-state index in [1.807, 2.05) is 12.1 Å². The lowest BCUT2D eigenvalue weighted by Crippen LogP contribution is -2.03. The van der Waals surface area contributed by atoms with Crippen LogP contribution in [0.25, 0.3) is 0 Å². The van der Waals surface area contributed by atoms with Gasteiger partial charge in [-0.15, -0.1) is 12.4 Å². The number of aromatic hydroxyl groups is 1. The highest BCUT2D eigenvalue weighted by Crippen LogP contribution is 2.23. The van der Waals surface area contributed by atoms with Gasteiger partial charge in [-0.25, -0.2) is 0 Å². The van der Waals surface area contributed by atoms with Gasteiger partial charge in [0.25, 0.3) is 0 Å². The maximum atomic E-state index is 9.82. The maximum Gasteiger partial charge on any atom is 0.302 e. The molecule has 0 aliphatic carbocycles. The van der Waals surface area contributed by atoms with Crippen LogP contribution in [0.2, 0.25) is 0 Å². The van der Waals surface area contributed by atoms with Crippen molar-refractivity contribution < 1.29 is 14.6 Å². The smallest absolute Gasteiger partial charge is 0.302 e. The van der Waals surface area contributed by atoms with E-state index in [1.54, 1.807) is 6.92 Å². The maximum absolute atomic E-state index is 9.82. The van der Waals surface area contributed by atoms with E-state index in [0.717, 1.165) is 12.0 Å². The molecule has 0 saturated carbocycles. The summed E-state index contributed by atoms with van der Waals surface area (Å²) in [6, 6.07) is 5.84. The SMILES string of the molecule is CC(C)c1ccc(CCN)c(O)c1.CCOC(C)=O.Cl. The Kier molecular flexibility index (Phi) is 12.2. The molecule has 3 N–H and O–H groups in total. The van der Waals surface area contributed by atoms with Gasteiger partial charge in [0.15, 0.2) is 0 Å². The lowest BCUT2D eigenvalue weighted by molar-refractivity contribution is -0.140. The van der Waals surface area contributed by atoms with Crippen LogP contribution in [-0.2, 0) is 16.0 Å². The summed E-state index contributed by atoms with van der Waals surface area (Å²) in [4.78, 5) is 9.82. The Balaban J connectivity index is 0. The van der Waals surface area contributed by atoms with Crippen LogP contribution in [-0.4, -0.2) is 24.2 Å². The molecule has 5 heteroatoms. The highest BCUT2D eigenvalue weighted by molar-refractivity contribution is 5.85. The van der Waals surface area contributed by atoms with Crippen LogP contribution in [0.3, 0.4) is 0 Å². The number of phenolic OH excluding ortho intramolecular Hbond substituents is 1. The van der Waals surface area contributed by atoms with Crippen LogP contribution >= 0.6 is 12.4 Å². The Labute approximate surface area is 127 Å². The lowest BCUT2D eigenvalue weighted by atomic mass is 10.00. The molecule has 1 rings (SSSR count). The number of hydrogen-bond acceptors (Lipinski definition) is 4. The molecule has 116 valence electrons. The van der Waals surface area contributed by atoms with E-state index in [1.165, 1.54) is 12.5 Å². The van der Waals surface area contributed by atoms with E-state index in [-0.39, 0.29) is 18.4 Å². The van der Waals surface area contributed by atoms with E-state index in [0.29, 0.717) is 24.8 Å². The number of carbonyl (C=O) groups is 1. The number of esters is 1. The number of benzene rings is 1. The summed E-state index contributed by atoms with van der Waals surface area (Å²) in [7, 11) is 0. The lowest BCUT2D eigenvalue weighted by Gasteiger charge is -2.08. The summed E-state index contributed by atoms with van der Waals surface area (Å²) in [6.45, 7) is 8.45. The normalized spacial score (nSPS) is 9.30. The van der Waals surface area contributed by atoms with Gasteiger partial charge in [0.1, 0.15) is 5.75 Å². The quantitative estimate of drug-likeness (QED) is 0.839. The molecule has 0 aliphatic heterocycles. The molecular weight excluding hydrogens is 278 g/mol. The zero-order valence-corrected chi connectivity index (χ0v) is 13.5. The summed E-state index contributed by atoms with van der Waals surface area (Å²) in [5.41, 5.74) is 7.52.